The first-order chi connectivity index (χ1) is 6.49. The summed E-state index contributed by atoms with van der Waals surface area (Å²) in [6, 6.07) is 4.07. The Morgan fingerprint density at radius 3 is 2.43 bits per heavy atom. The van der Waals surface area contributed by atoms with Crippen molar-refractivity contribution in [3.8, 4) is 5.75 Å². The minimum atomic E-state index is -1.92. The van der Waals surface area contributed by atoms with Crippen molar-refractivity contribution in [2.75, 3.05) is 0 Å². The maximum atomic E-state index is 13.0. The quantitative estimate of drug-likeness (QED) is 0.719. The Morgan fingerprint density at radius 2 is 1.93 bits per heavy atom. The SMILES string of the molecule is CC(C)c1cc(F)cc(OB(O)O)c1. The maximum Gasteiger partial charge on any atom is 0.707 e. The van der Waals surface area contributed by atoms with E-state index in [9.17, 15) is 4.39 Å². The van der Waals surface area contributed by atoms with Gasteiger partial charge in [-0.25, -0.2) is 4.39 Å². The molecular weight excluding hydrogens is 186 g/mol. The van der Waals surface area contributed by atoms with Gasteiger partial charge in [0.1, 0.15) is 11.6 Å². The topological polar surface area (TPSA) is 49.7 Å². The summed E-state index contributed by atoms with van der Waals surface area (Å²) >= 11 is 0. The molecule has 0 heterocycles. The molecule has 0 aromatic heterocycles. The first-order valence-electron chi connectivity index (χ1n) is 4.32. The molecule has 0 saturated heterocycles. The lowest BCUT2D eigenvalue weighted by atomic mass is 10.0. The summed E-state index contributed by atoms with van der Waals surface area (Å²) in [4.78, 5) is 0. The van der Waals surface area contributed by atoms with Crippen molar-refractivity contribution in [3.05, 3.63) is 29.6 Å². The van der Waals surface area contributed by atoms with Gasteiger partial charge in [0.25, 0.3) is 0 Å². The standard InChI is InChI=1S/C9H12BFO3/c1-6(2)7-3-8(11)5-9(4-7)14-10(12)13/h3-6,12-13H,1-2H3. The van der Waals surface area contributed by atoms with Gasteiger partial charge in [0, 0.05) is 6.07 Å². The highest BCUT2D eigenvalue weighted by Crippen LogP contribution is 2.22. The minimum Gasteiger partial charge on any atom is -0.512 e. The summed E-state index contributed by atoms with van der Waals surface area (Å²) in [6.45, 7) is 3.82. The van der Waals surface area contributed by atoms with Gasteiger partial charge < -0.3 is 14.7 Å². The molecule has 0 unspecified atom stereocenters. The molecular formula is C9H12BFO3. The van der Waals surface area contributed by atoms with Crippen LogP contribution >= 0.6 is 0 Å². The third-order valence-corrected chi connectivity index (χ3v) is 1.80. The number of hydrogen-bond acceptors (Lipinski definition) is 3. The van der Waals surface area contributed by atoms with Gasteiger partial charge in [-0.2, -0.15) is 0 Å². The van der Waals surface area contributed by atoms with Crippen LogP contribution in [0.5, 0.6) is 5.75 Å². The Bertz CT molecular complexity index is 315. The van der Waals surface area contributed by atoms with Gasteiger partial charge in [0.2, 0.25) is 0 Å². The summed E-state index contributed by atoms with van der Waals surface area (Å²) < 4.78 is 17.6. The van der Waals surface area contributed by atoms with E-state index in [-0.39, 0.29) is 11.7 Å². The lowest BCUT2D eigenvalue weighted by molar-refractivity contribution is 0.287. The lowest BCUT2D eigenvalue weighted by Gasteiger charge is -2.09. The lowest BCUT2D eigenvalue weighted by Crippen LogP contribution is -2.20. The van der Waals surface area contributed by atoms with Crippen molar-refractivity contribution >= 4 is 7.32 Å². The second-order valence-corrected chi connectivity index (χ2v) is 3.32. The number of benzene rings is 1. The molecule has 1 aromatic carbocycles. The first kappa shape index (κ1) is 11.0. The van der Waals surface area contributed by atoms with E-state index in [1.165, 1.54) is 6.07 Å². The third-order valence-electron chi connectivity index (χ3n) is 1.80. The summed E-state index contributed by atoms with van der Waals surface area (Å²) in [5.74, 6) is -0.181. The van der Waals surface area contributed by atoms with Crippen LogP contribution in [0.25, 0.3) is 0 Å². The molecule has 0 spiro atoms. The average Bonchev–Trinajstić information content (AvgIpc) is 2.01. The molecule has 0 aliphatic carbocycles. The molecule has 76 valence electrons. The summed E-state index contributed by atoms with van der Waals surface area (Å²) in [5, 5.41) is 17.1. The van der Waals surface area contributed by atoms with E-state index < -0.39 is 13.1 Å². The zero-order valence-corrected chi connectivity index (χ0v) is 8.07. The Balaban J connectivity index is 2.95. The largest absolute Gasteiger partial charge is 0.707 e. The molecule has 1 rings (SSSR count). The molecule has 1 aromatic rings. The van der Waals surface area contributed by atoms with Crippen molar-refractivity contribution in [1.82, 2.24) is 0 Å². The summed E-state index contributed by atoms with van der Waals surface area (Å²) in [7, 11) is -1.92. The Labute approximate surface area is 82.3 Å². The van der Waals surface area contributed by atoms with Crippen LogP contribution in [0.3, 0.4) is 0 Å². The fourth-order valence-electron chi connectivity index (χ4n) is 1.11. The van der Waals surface area contributed by atoms with Crippen molar-refractivity contribution in [2.45, 2.75) is 19.8 Å². The Morgan fingerprint density at radius 1 is 1.29 bits per heavy atom. The monoisotopic (exact) mass is 198 g/mol. The highest BCUT2D eigenvalue weighted by atomic mass is 19.1. The molecule has 0 aliphatic heterocycles. The molecule has 0 bridgehead atoms. The second-order valence-electron chi connectivity index (χ2n) is 3.32. The fourth-order valence-corrected chi connectivity index (χ4v) is 1.11. The van der Waals surface area contributed by atoms with Crippen molar-refractivity contribution in [2.24, 2.45) is 0 Å². The van der Waals surface area contributed by atoms with Crippen LogP contribution in [-0.4, -0.2) is 17.4 Å². The van der Waals surface area contributed by atoms with E-state index in [1.54, 1.807) is 6.07 Å². The van der Waals surface area contributed by atoms with Crippen LogP contribution in [-0.2, 0) is 0 Å². The second kappa shape index (κ2) is 4.44. The van der Waals surface area contributed by atoms with Gasteiger partial charge in [-0.15, -0.1) is 0 Å². The Hall–Kier alpha value is -1.07. The molecule has 0 radical (unpaired) electrons. The van der Waals surface area contributed by atoms with Crippen LogP contribution in [0.2, 0.25) is 0 Å². The predicted molar refractivity (Wildman–Crippen MR) is 51.3 cm³/mol. The highest BCUT2D eigenvalue weighted by molar-refractivity contribution is 6.33. The summed E-state index contributed by atoms with van der Waals surface area (Å²) in [5.41, 5.74) is 0.751. The van der Waals surface area contributed by atoms with Crippen molar-refractivity contribution in [3.63, 3.8) is 0 Å². The molecule has 14 heavy (non-hydrogen) atoms. The molecule has 5 heteroatoms. The van der Waals surface area contributed by atoms with Crippen molar-refractivity contribution in [1.29, 1.82) is 0 Å². The zero-order chi connectivity index (χ0) is 10.7. The van der Waals surface area contributed by atoms with Gasteiger partial charge in [0.05, 0.1) is 0 Å². The molecule has 3 nitrogen and oxygen atoms in total. The van der Waals surface area contributed by atoms with Gasteiger partial charge in [0.15, 0.2) is 0 Å². The molecule has 0 saturated carbocycles. The third kappa shape index (κ3) is 3.01. The van der Waals surface area contributed by atoms with Gasteiger partial charge in [-0.3, -0.25) is 0 Å². The minimum absolute atomic E-state index is 0.115. The summed E-state index contributed by atoms with van der Waals surface area (Å²) in [6.07, 6.45) is 0. The highest BCUT2D eigenvalue weighted by Gasteiger charge is 2.13. The zero-order valence-electron chi connectivity index (χ0n) is 8.07. The maximum absolute atomic E-state index is 13.0. The van der Waals surface area contributed by atoms with Crippen LogP contribution in [0.4, 0.5) is 4.39 Å². The normalized spacial score (nSPS) is 10.4. The average molecular weight is 198 g/mol. The van der Waals surface area contributed by atoms with Crippen LogP contribution < -0.4 is 4.65 Å². The Kier molecular flexibility index (Phi) is 3.49. The van der Waals surface area contributed by atoms with Crippen LogP contribution in [0.15, 0.2) is 18.2 Å². The molecule has 0 aliphatic rings. The van der Waals surface area contributed by atoms with Crippen LogP contribution in [0.1, 0.15) is 25.3 Å². The number of halogens is 1. The first-order valence-corrected chi connectivity index (χ1v) is 4.32. The van der Waals surface area contributed by atoms with E-state index in [0.29, 0.717) is 0 Å². The van der Waals surface area contributed by atoms with E-state index >= 15 is 0 Å². The van der Waals surface area contributed by atoms with E-state index in [4.69, 9.17) is 10.0 Å². The fraction of sp³-hybridized carbons (Fsp3) is 0.333. The predicted octanol–water partition coefficient (Wildman–Crippen LogP) is 1.30. The van der Waals surface area contributed by atoms with E-state index in [0.717, 1.165) is 11.6 Å². The number of hydrogen-bond donors (Lipinski definition) is 2. The van der Waals surface area contributed by atoms with E-state index in [1.807, 2.05) is 13.8 Å². The van der Waals surface area contributed by atoms with Gasteiger partial charge in [-0.1, -0.05) is 13.8 Å². The van der Waals surface area contributed by atoms with Crippen LogP contribution in [0, 0.1) is 5.82 Å². The molecule has 2 N–H and O–H groups in total. The van der Waals surface area contributed by atoms with E-state index in [2.05, 4.69) is 4.65 Å². The van der Waals surface area contributed by atoms with Gasteiger partial charge in [-0.05, 0) is 23.6 Å². The molecule has 0 fully saturated rings. The smallest absolute Gasteiger partial charge is 0.512 e. The molecule has 0 amide bonds. The molecule has 0 atom stereocenters. The van der Waals surface area contributed by atoms with Crippen molar-refractivity contribution < 1.29 is 19.1 Å². The van der Waals surface area contributed by atoms with Gasteiger partial charge >= 0.3 is 7.32 Å². The number of rotatable bonds is 3.